The minimum atomic E-state index is -0.854. The lowest BCUT2D eigenvalue weighted by Crippen LogP contribution is -2.38. The van der Waals surface area contributed by atoms with Gasteiger partial charge in [-0.25, -0.2) is 0 Å². The van der Waals surface area contributed by atoms with Gasteiger partial charge in [0, 0.05) is 50.1 Å². The molecule has 2 aromatic carbocycles. The fraction of sp³-hybridized carbons (Fsp3) is 0.500. The summed E-state index contributed by atoms with van der Waals surface area (Å²) in [7, 11) is 0. The van der Waals surface area contributed by atoms with E-state index in [1.165, 1.54) is 0 Å². The third kappa shape index (κ3) is 8.08. The average Bonchev–Trinajstić information content (AvgIpc) is 3.31. The van der Waals surface area contributed by atoms with Gasteiger partial charge >= 0.3 is 5.97 Å². The molecule has 2 aromatic rings. The Morgan fingerprint density at radius 2 is 1.68 bits per heavy atom. The number of β-amino-alcohol motifs (C(OH)–C–C–N with tert-alkyl or cyclic N) is 1. The van der Waals surface area contributed by atoms with Gasteiger partial charge in [-0.1, -0.05) is 36.4 Å². The number of nitrogens with one attached hydrogen (secondary N) is 1. The molecule has 2 fully saturated rings. The van der Waals surface area contributed by atoms with E-state index in [4.69, 9.17) is 14.6 Å². The van der Waals surface area contributed by atoms with E-state index in [2.05, 4.69) is 10.2 Å². The van der Waals surface area contributed by atoms with E-state index in [0.717, 1.165) is 29.7 Å². The molecule has 4 N–H and O–H groups in total. The van der Waals surface area contributed by atoms with Gasteiger partial charge in [-0.05, 0) is 42.5 Å². The van der Waals surface area contributed by atoms with Gasteiger partial charge in [0.05, 0.1) is 24.9 Å². The van der Waals surface area contributed by atoms with Gasteiger partial charge in [-0.15, -0.1) is 0 Å². The van der Waals surface area contributed by atoms with Crippen molar-refractivity contribution in [3.8, 4) is 0 Å². The lowest BCUT2D eigenvalue weighted by Gasteiger charge is -2.37. The van der Waals surface area contributed by atoms with Crippen LogP contribution in [0.2, 0.25) is 0 Å². The van der Waals surface area contributed by atoms with E-state index >= 15 is 0 Å². The molecular formula is C28H36N2O7. The molecule has 2 heterocycles. The number of likely N-dealkylation sites (tertiary alicyclic amines) is 1. The monoisotopic (exact) mass is 512 g/mol. The van der Waals surface area contributed by atoms with Crippen molar-refractivity contribution in [2.24, 2.45) is 0 Å². The summed E-state index contributed by atoms with van der Waals surface area (Å²) in [5.74, 6) is -1.00. The van der Waals surface area contributed by atoms with Crippen LogP contribution in [0.25, 0.3) is 0 Å². The van der Waals surface area contributed by atoms with Gasteiger partial charge in [0.1, 0.15) is 0 Å². The van der Waals surface area contributed by atoms with Crippen molar-refractivity contribution in [2.45, 2.75) is 69.7 Å². The van der Waals surface area contributed by atoms with E-state index in [0.29, 0.717) is 38.0 Å². The molecule has 4 rings (SSSR count). The van der Waals surface area contributed by atoms with Crippen LogP contribution in [0.15, 0.2) is 48.5 Å². The predicted molar refractivity (Wildman–Crippen MR) is 137 cm³/mol. The molecule has 2 aliphatic heterocycles. The predicted octanol–water partition coefficient (Wildman–Crippen LogP) is 3.37. The number of rotatable bonds is 11. The summed E-state index contributed by atoms with van der Waals surface area (Å²) in [6, 6.07) is 15.1. The first-order valence-electron chi connectivity index (χ1n) is 12.9. The molecule has 0 saturated carbocycles. The van der Waals surface area contributed by atoms with E-state index in [1.54, 1.807) is 0 Å². The number of nitrogens with zero attached hydrogens (tertiary/aromatic N) is 1. The number of anilines is 1. The van der Waals surface area contributed by atoms with Crippen LogP contribution in [-0.2, 0) is 25.7 Å². The second kappa shape index (κ2) is 13.1. The molecule has 0 aliphatic carbocycles. The Hall–Kier alpha value is -2.82. The lowest BCUT2D eigenvalue weighted by molar-refractivity contribution is -0.252. The summed E-state index contributed by atoms with van der Waals surface area (Å²) in [5.41, 5.74) is 3.35. The number of carboxylic acid groups (broad SMARTS) is 1. The molecule has 9 heteroatoms. The SMILES string of the molecule is O=C(O)CCCCC(=O)Nc1ccc([C@H]2O[C@@H](CN3CC[C@H](O)C3)C[C@@H](c3ccc(CO)cc3)O2)cc1. The number of carbonyl (C=O) groups excluding carboxylic acids is 1. The minimum Gasteiger partial charge on any atom is -0.481 e. The van der Waals surface area contributed by atoms with Crippen LogP contribution in [0, 0.1) is 0 Å². The molecule has 1 amide bonds. The van der Waals surface area contributed by atoms with E-state index in [-0.39, 0.29) is 43.7 Å². The van der Waals surface area contributed by atoms with Crippen LogP contribution in [0.3, 0.4) is 0 Å². The number of carboxylic acids is 1. The van der Waals surface area contributed by atoms with Crippen LogP contribution < -0.4 is 5.32 Å². The first kappa shape index (κ1) is 27.2. The number of ether oxygens (including phenoxy) is 2. The molecule has 0 aromatic heterocycles. The topological polar surface area (TPSA) is 129 Å². The van der Waals surface area contributed by atoms with Crippen molar-refractivity contribution in [1.82, 2.24) is 4.90 Å². The Kier molecular flexibility index (Phi) is 9.65. The molecular weight excluding hydrogens is 476 g/mol. The molecule has 0 radical (unpaired) electrons. The maximum atomic E-state index is 12.2. The lowest BCUT2D eigenvalue weighted by atomic mass is 9.99. The van der Waals surface area contributed by atoms with Crippen LogP contribution in [0.1, 0.15) is 67.6 Å². The second-order valence-electron chi connectivity index (χ2n) is 9.82. The Morgan fingerprint density at radius 3 is 2.32 bits per heavy atom. The number of amides is 1. The van der Waals surface area contributed by atoms with Gasteiger partial charge in [0.2, 0.25) is 5.91 Å². The third-order valence-corrected chi connectivity index (χ3v) is 6.84. The fourth-order valence-corrected chi connectivity index (χ4v) is 4.81. The van der Waals surface area contributed by atoms with Gasteiger partial charge in [-0.3, -0.25) is 14.5 Å². The number of carbonyl (C=O) groups is 2. The van der Waals surface area contributed by atoms with E-state index < -0.39 is 12.3 Å². The van der Waals surface area contributed by atoms with Crippen molar-refractivity contribution in [1.29, 1.82) is 0 Å². The summed E-state index contributed by atoms with van der Waals surface area (Å²) < 4.78 is 12.7. The molecule has 0 spiro atoms. The zero-order valence-corrected chi connectivity index (χ0v) is 20.9. The quantitative estimate of drug-likeness (QED) is 0.338. The summed E-state index contributed by atoms with van der Waals surface area (Å²) >= 11 is 0. The van der Waals surface area contributed by atoms with Crippen molar-refractivity contribution in [2.75, 3.05) is 25.0 Å². The Morgan fingerprint density at radius 1 is 0.973 bits per heavy atom. The molecule has 37 heavy (non-hydrogen) atoms. The van der Waals surface area contributed by atoms with Crippen molar-refractivity contribution in [3.05, 3.63) is 65.2 Å². The zero-order chi connectivity index (χ0) is 26.2. The Bertz CT molecular complexity index is 1030. The first-order chi connectivity index (χ1) is 17.9. The number of hydrogen-bond acceptors (Lipinski definition) is 7. The van der Waals surface area contributed by atoms with Crippen LogP contribution >= 0.6 is 0 Å². The van der Waals surface area contributed by atoms with E-state index in [1.807, 2.05) is 48.5 Å². The molecule has 0 unspecified atom stereocenters. The maximum absolute atomic E-state index is 12.2. The summed E-state index contributed by atoms with van der Waals surface area (Å²) in [6.07, 6.45) is 1.62. The molecule has 0 bridgehead atoms. The third-order valence-electron chi connectivity index (χ3n) is 6.84. The largest absolute Gasteiger partial charge is 0.481 e. The highest BCUT2D eigenvalue weighted by Gasteiger charge is 2.34. The maximum Gasteiger partial charge on any atom is 0.303 e. The highest BCUT2D eigenvalue weighted by molar-refractivity contribution is 5.90. The molecule has 200 valence electrons. The molecule has 2 aliphatic rings. The summed E-state index contributed by atoms with van der Waals surface area (Å²) in [5, 5.41) is 30.9. The van der Waals surface area contributed by atoms with Crippen LogP contribution in [-0.4, -0.2) is 63.9 Å². The molecule has 9 nitrogen and oxygen atoms in total. The summed E-state index contributed by atoms with van der Waals surface area (Å²) in [4.78, 5) is 25.0. The highest BCUT2D eigenvalue weighted by Crippen LogP contribution is 2.38. The van der Waals surface area contributed by atoms with Crippen molar-refractivity contribution < 1.29 is 34.4 Å². The van der Waals surface area contributed by atoms with Gasteiger partial charge in [0.25, 0.3) is 0 Å². The smallest absolute Gasteiger partial charge is 0.303 e. The van der Waals surface area contributed by atoms with Crippen molar-refractivity contribution in [3.63, 3.8) is 0 Å². The van der Waals surface area contributed by atoms with Gasteiger partial charge in [0.15, 0.2) is 6.29 Å². The second-order valence-corrected chi connectivity index (χ2v) is 9.82. The number of aliphatic hydroxyl groups is 2. The first-order valence-corrected chi connectivity index (χ1v) is 12.9. The number of aliphatic hydroxyl groups excluding tert-OH is 2. The van der Waals surface area contributed by atoms with Gasteiger partial charge in [-0.2, -0.15) is 0 Å². The number of unbranched alkanes of at least 4 members (excludes halogenated alkanes) is 1. The zero-order valence-electron chi connectivity index (χ0n) is 20.9. The van der Waals surface area contributed by atoms with Crippen LogP contribution in [0.4, 0.5) is 5.69 Å². The average molecular weight is 513 g/mol. The normalized spacial score (nSPS) is 24.2. The van der Waals surface area contributed by atoms with Gasteiger partial charge < -0.3 is 30.1 Å². The fourth-order valence-electron chi connectivity index (χ4n) is 4.81. The van der Waals surface area contributed by atoms with Crippen LogP contribution in [0.5, 0.6) is 0 Å². The standard InChI is InChI=1S/C28H36N2O7/c31-18-19-5-7-20(8-6-19)25-15-24(17-30-14-13-23(32)16-30)36-28(37-25)21-9-11-22(12-10-21)29-26(33)3-1-2-4-27(34)35/h5-12,23-25,28,31-32H,1-4,13-18H2,(H,29,33)(H,34,35)/t23-,24+,25-,28-/m0/s1. The highest BCUT2D eigenvalue weighted by atomic mass is 16.7. The van der Waals surface area contributed by atoms with Crippen molar-refractivity contribution >= 4 is 17.6 Å². The Balaban J connectivity index is 1.40. The Labute approximate surface area is 217 Å². The van der Waals surface area contributed by atoms with E-state index in [9.17, 15) is 19.8 Å². The minimum absolute atomic E-state index is 0.0112. The number of aliphatic carboxylic acids is 1. The summed E-state index contributed by atoms with van der Waals surface area (Å²) in [6.45, 7) is 2.18. The molecule has 4 atom stereocenters. The number of hydrogen-bond donors (Lipinski definition) is 4. The number of benzene rings is 2. The molecule has 2 saturated heterocycles.